The maximum Gasteiger partial charge on any atom is 0.299 e. The maximum atomic E-state index is 5.80. The zero-order valence-electron chi connectivity index (χ0n) is 10.0. The first-order chi connectivity index (χ1) is 8.78. The molecular weight excluding hydrogens is 270 g/mol. The highest BCUT2D eigenvalue weighted by molar-refractivity contribution is 7.13. The van der Waals surface area contributed by atoms with Gasteiger partial charge in [-0.05, 0) is 37.2 Å². The Morgan fingerprint density at radius 1 is 1.28 bits per heavy atom. The molecule has 6 heteroatoms. The lowest BCUT2D eigenvalue weighted by atomic mass is 10.3. The number of hydrogen-bond acceptors (Lipinski definition) is 5. The second kappa shape index (κ2) is 6.68. The van der Waals surface area contributed by atoms with Crippen LogP contribution >= 0.6 is 22.9 Å². The van der Waals surface area contributed by atoms with E-state index in [4.69, 9.17) is 16.3 Å². The molecule has 2 aromatic rings. The van der Waals surface area contributed by atoms with Gasteiger partial charge in [-0.2, -0.15) is 0 Å². The molecule has 0 amide bonds. The molecule has 18 heavy (non-hydrogen) atoms. The van der Waals surface area contributed by atoms with Gasteiger partial charge in [0.2, 0.25) is 0 Å². The molecule has 1 aromatic heterocycles. The predicted molar refractivity (Wildman–Crippen MR) is 73.4 cm³/mol. The minimum Gasteiger partial charge on any atom is -0.430 e. The summed E-state index contributed by atoms with van der Waals surface area (Å²) in [5.41, 5.74) is 0. The van der Waals surface area contributed by atoms with Gasteiger partial charge in [0.15, 0.2) is 0 Å². The van der Waals surface area contributed by atoms with Gasteiger partial charge >= 0.3 is 0 Å². The van der Waals surface area contributed by atoms with Crippen molar-refractivity contribution in [3.63, 3.8) is 0 Å². The second-order valence-electron chi connectivity index (χ2n) is 3.69. The Kier molecular flexibility index (Phi) is 4.92. The van der Waals surface area contributed by atoms with Gasteiger partial charge in [-0.1, -0.05) is 35.0 Å². The first-order valence-corrected chi connectivity index (χ1v) is 6.94. The Morgan fingerprint density at radius 2 is 2.06 bits per heavy atom. The average Bonchev–Trinajstić information content (AvgIpc) is 2.80. The molecule has 96 valence electrons. The zero-order valence-corrected chi connectivity index (χ0v) is 11.6. The summed E-state index contributed by atoms with van der Waals surface area (Å²) in [6, 6.07) is 7.17. The van der Waals surface area contributed by atoms with Crippen molar-refractivity contribution in [1.29, 1.82) is 0 Å². The number of hydrogen-bond donors (Lipinski definition) is 1. The summed E-state index contributed by atoms with van der Waals surface area (Å²) in [4.78, 5) is 0. The van der Waals surface area contributed by atoms with E-state index in [9.17, 15) is 0 Å². The third-order valence-corrected chi connectivity index (χ3v) is 3.22. The lowest BCUT2D eigenvalue weighted by Gasteiger charge is -2.00. The molecule has 0 spiro atoms. The maximum absolute atomic E-state index is 5.80. The average molecular weight is 284 g/mol. The molecule has 4 nitrogen and oxygen atoms in total. The van der Waals surface area contributed by atoms with Gasteiger partial charge < -0.3 is 10.1 Å². The summed E-state index contributed by atoms with van der Waals surface area (Å²) >= 11 is 7.24. The number of aromatic nitrogens is 2. The van der Waals surface area contributed by atoms with Crippen LogP contribution in [-0.4, -0.2) is 16.7 Å². The minimum absolute atomic E-state index is 0.547. The van der Waals surface area contributed by atoms with Crippen LogP contribution in [0.15, 0.2) is 24.3 Å². The number of ether oxygens (including phenoxy) is 1. The first-order valence-electron chi connectivity index (χ1n) is 5.74. The van der Waals surface area contributed by atoms with Crippen LogP contribution in [0.4, 0.5) is 0 Å². The van der Waals surface area contributed by atoms with E-state index in [0.717, 1.165) is 24.5 Å². The molecule has 0 radical (unpaired) electrons. The Balaban J connectivity index is 1.91. The molecule has 0 aliphatic rings. The number of halogens is 1. The van der Waals surface area contributed by atoms with Crippen LogP contribution in [0.1, 0.15) is 18.4 Å². The van der Waals surface area contributed by atoms with E-state index in [1.165, 1.54) is 11.3 Å². The van der Waals surface area contributed by atoms with Crippen LogP contribution in [0.2, 0.25) is 5.02 Å². The Labute approximate surface area is 115 Å². The number of benzene rings is 1. The molecule has 0 aliphatic carbocycles. The lowest BCUT2D eigenvalue weighted by molar-refractivity contribution is 0.473. The SMILES string of the molecule is CCCNCc1nnc(Oc2ccc(Cl)cc2)s1. The standard InChI is InChI=1S/C12H14ClN3OS/c1-2-7-14-8-11-15-16-12(18-11)17-10-5-3-9(13)4-6-10/h3-6,14H,2,7-8H2,1H3. The van der Waals surface area contributed by atoms with Crippen molar-refractivity contribution in [3.05, 3.63) is 34.3 Å². The highest BCUT2D eigenvalue weighted by Crippen LogP contribution is 2.25. The Bertz CT molecular complexity index is 486. The third kappa shape index (κ3) is 3.94. The van der Waals surface area contributed by atoms with Gasteiger partial charge in [-0.25, -0.2) is 0 Å². The first kappa shape index (κ1) is 13.3. The Hall–Kier alpha value is -1.17. The molecule has 0 saturated carbocycles. The van der Waals surface area contributed by atoms with Gasteiger partial charge in [0.25, 0.3) is 5.19 Å². The smallest absolute Gasteiger partial charge is 0.299 e. The highest BCUT2D eigenvalue weighted by atomic mass is 35.5. The molecule has 1 N–H and O–H groups in total. The molecule has 0 fully saturated rings. The topological polar surface area (TPSA) is 47.0 Å². The zero-order chi connectivity index (χ0) is 12.8. The summed E-state index contributed by atoms with van der Waals surface area (Å²) in [6.07, 6.45) is 1.10. The van der Waals surface area contributed by atoms with E-state index in [1.807, 2.05) is 0 Å². The van der Waals surface area contributed by atoms with Crippen LogP contribution in [0.25, 0.3) is 0 Å². The summed E-state index contributed by atoms with van der Waals surface area (Å²) in [5, 5.41) is 13.5. The number of rotatable bonds is 6. The molecule has 0 aliphatic heterocycles. The van der Waals surface area contributed by atoms with E-state index in [2.05, 4.69) is 22.4 Å². The van der Waals surface area contributed by atoms with Crippen LogP contribution in [0.5, 0.6) is 10.9 Å². The molecule has 2 rings (SSSR count). The van der Waals surface area contributed by atoms with Crippen molar-refractivity contribution in [3.8, 4) is 10.9 Å². The van der Waals surface area contributed by atoms with Gasteiger partial charge in [-0.3, -0.25) is 0 Å². The summed E-state index contributed by atoms with van der Waals surface area (Å²) in [6.45, 7) is 3.84. The molecule has 1 aromatic carbocycles. The summed E-state index contributed by atoms with van der Waals surface area (Å²) < 4.78 is 5.58. The van der Waals surface area contributed by atoms with Crippen molar-refractivity contribution < 1.29 is 4.74 Å². The van der Waals surface area contributed by atoms with Crippen LogP contribution < -0.4 is 10.1 Å². The van der Waals surface area contributed by atoms with Crippen molar-refractivity contribution in [2.75, 3.05) is 6.54 Å². The van der Waals surface area contributed by atoms with Crippen molar-refractivity contribution in [2.24, 2.45) is 0 Å². The van der Waals surface area contributed by atoms with Crippen LogP contribution in [0.3, 0.4) is 0 Å². The van der Waals surface area contributed by atoms with E-state index in [1.54, 1.807) is 24.3 Å². The van der Waals surface area contributed by atoms with Crippen molar-refractivity contribution in [1.82, 2.24) is 15.5 Å². The number of nitrogens with one attached hydrogen (secondary N) is 1. The quantitative estimate of drug-likeness (QED) is 0.825. The summed E-state index contributed by atoms with van der Waals surface area (Å²) in [5.74, 6) is 0.712. The fraction of sp³-hybridized carbons (Fsp3) is 0.333. The fourth-order valence-electron chi connectivity index (χ4n) is 1.33. The monoisotopic (exact) mass is 283 g/mol. The second-order valence-corrected chi connectivity index (χ2v) is 5.16. The molecule has 0 unspecified atom stereocenters. The molecular formula is C12H14ClN3OS. The normalized spacial score (nSPS) is 10.6. The Morgan fingerprint density at radius 3 is 2.78 bits per heavy atom. The van der Waals surface area contributed by atoms with Crippen LogP contribution in [-0.2, 0) is 6.54 Å². The van der Waals surface area contributed by atoms with E-state index >= 15 is 0 Å². The summed E-state index contributed by atoms with van der Waals surface area (Å²) in [7, 11) is 0. The third-order valence-electron chi connectivity index (χ3n) is 2.17. The molecule has 0 atom stereocenters. The van der Waals surface area contributed by atoms with E-state index in [0.29, 0.717) is 16.0 Å². The van der Waals surface area contributed by atoms with Crippen LogP contribution in [0, 0.1) is 0 Å². The van der Waals surface area contributed by atoms with Gasteiger partial charge in [-0.15, -0.1) is 5.10 Å². The molecule has 1 heterocycles. The van der Waals surface area contributed by atoms with Crippen molar-refractivity contribution in [2.45, 2.75) is 19.9 Å². The minimum atomic E-state index is 0.547. The number of nitrogens with zero attached hydrogens (tertiary/aromatic N) is 2. The van der Waals surface area contributed by atoms with Gasteiger partial charge in [0.1, 0.15) is 10.8 Å². The van der Waals surface area contributed by atoms with Crippen molar-refractivity contribution >= 4 is 22.9 Å². The fourth-order valence-corrected chi connectivity index (χ4v) is 2.13. The predicted octanol–water partition coefficient (Wildman–Crippen LogP) is 3.48. The van der Waals surface area contributed by atoms with Gasteiger partial charge in [0, 0.05) is 11.6 Å². The van der Waals surface area contributed by atoms with E-state index in [-0.39, 0.29) is 0 Å². The largest absolute Gasteiger partial charge is 0.430 e. The highest BCUT2D eigenvalue weighted by Gasteiger charge is 2.05. The van der Waals surface area contributed by atoms with Gasteiger partial charge in [0.05, 0.1) is 0 Å². The van der Waals surface area contributed by atoms with E-state index < -0.39 is 0 Å². The molecule has 0 saturated heterocycles. The lowest BCUT2D eigenvalue weighted by Crippen LogP contribution is -2.13. The molecule has 0 bridgehead atoms.